The third kappa shape index (κ3) is 3.58. The molecule has 2 aromatic carbocycles. The van der Waals surface area contributed by atoms with E-state index in [1.807, 2.05) is 0 Å². The van der Waals surface area contributed by atoms with E-state index in [0.29, 0.717) is 17.8 Å². The lowest BCUT2D eigenvalue weighted by Gasteiger charge is -2.24. The van der Waals surface area contributed by atoms with Crippen LogP contribution >= 0.6 is 0 Å². The first-order valence-electron chi connectivity index (χ1n) is 9.39. The summed E-state index contributed by atoms with van der Waals surface area (Å²) in [4.78, 5) is 0. The van der Waals surface area contributed by atoms with Gasteiger partial charge in [0.25, 0.3) is 0 Å². The maximum absolute atomic E-state index is 2.45. The molecule has 2 rings (SSSR count). The Morgan fingerprint density at radius 1 is 0.583 bits per heavy atom. The van der Waals surface area contributed by atoms with E-state index in [9.17, 15) is 0 Å². The molecule has 0 aromatic heterocycles. The van der Waals surface area contributed by atoms with E-state index in [2.05, 4.69) is 86.6 Å². The normalized spacial score (nSPS) is 11.8. The van der Waals surface area contributed by atoms with Gasteiger partial charge in [0.2, 0.25) is 0 Å². The fourth-order valence-corrected chi connectivity index (χ4v) is 3.47. The summed E-state index contributed by atoms with van der Waals surface area (Å²) < 4.78 is 0. The Morgan fingerprint density at radius 2 is 1.00 bits per heavy atom. The summed E-state index contributed by atoms with van der Waals surface area (Å²) in [5.41, 5.74) is 11.5. The smallest absolute Gasteiger partial charge is 0.0114 e. The van der Waals surface area contributed by atoms with E-state index in [-0.39, 0.29) is 0 Å². The van der Waals surface area contributed by atoms with Crippen molar-refractivity contribution in [2.45, 2.75) is 80.1 Å². The van der Waals surface area contributed by atoms with Crippen LogP contribution in [0, 0.1) is 20.8 Å². The van der Waals surface area contributed by atoms with Crippen LogP contribution in [0.5, 0.6) is 0 Å². The Morgan fingerprint density at radius 3 is 1.33 bits per heavy atom. The predicted octanol–water partition coefficient (Wildman–Crippen LogP) is 7.65. The van der Waals surface area contributed by atoms with Gasteiger partial charge < -0.3 is 0 Å². The van der Waals surface area contributed by atoms with Crippen LogP contribution < -0.4 is 0 Å². The fraction of sp³-hybridized carbons (Fsp3) is 0.500. The van der Waals surface area contributed by atoms with Gasteiger partial charge >= 0.3 is 0 Å². The van der Waals surface area contributed by atoms with Crippen LogP contribution in [0.15, 0.2) is 24.3 Å². The molecule has 24 heavy (non-hydrogen) atoms. The second-order valence-corrected chi connectivity index (χ2v) is 8.27. The minimum absolute atomic E-state index is 0.526. The maximum Gasteiger partial charge on any atom is -0.0114 e. The van der Waals surface area contributed by atoms with Crippen molar-refractivity contribution < 1.29 is 0 Å². The van der Waals surface area contributed by atoms with Gasteiger partial charge in [-0.3, -0.25) is 0 Å². The second-order valence-electron chi connectivity index (χ2n) is 8.27. The van der Waals surface area contributed by atoms with Crippen molar-refractivity contribution in [3.8, 4) is 11.1 Å². The molecule has 0 aliphatic rings. The highest BCUT2D eigenvalue weighted by molar-refractivity contribution is 5.75. The number of aryl methyl sites for hydroxylation is 2. The summed E-state index contributed by atoms with van der Waals surface area (Å²) in [6.45, 7) is 20.6. The van der Waals surface area contributed by atoms with Crippen LogP contribution in [0.1, 0.15) is 92.7 Å². The lowest BCUT2D eigenvalue weighted by atomic mass is 9.81. The lowest BCUT2D eigenvalue weighted by Crippen LogP contribution is -2.04. The highest BCUT2D eigenvalue weighted by atomic mass is 14.2. The first kappa shape index (κ1) is 18.8. The predicted molar refractivity (Wildman–Crippen MR) is 108 cm³/mol. The van der Waals surface area contributed by atoms with Crippen LogP contribution in [-0.4, -0.2) is 0 Å². The number of benzene rings is 2. The average molecular weight is 323 g/mol. The summed E-state index contributed by atoms with van der Waals surface area (Å²) in [5.74, 6) is 1.62. The molecule has 2 aromatic rings. The van der Waals surface area contributed by atoms with Gasteiger partial charge in [0.1, 0.15) is 0 Å². The molecule has 0 N–H and O–H groups in total. The van der Waals surface area contributed by atoms with E-state index >= 15 is 0 Å². The Balaban J connectivity index is 2.85. The topological polar surface area (TPSA) is 0 Å². The van der Waals surface area contributed by atoms with Crippen LogP contribution in [0.4, 0.5) is 0 Å². The van der Waals surface area contributed by atoms with Gasteiger partial charge in [-0.25, -0.2) is 0 Å². The van der Waals surface area contributed by atoms with E-state index in [1.54, 1.807) is 0 Å². The van der Waals surface area contributed by atoms with Crippen LogP contribution in [0.25, 0.3) is 11.1 Å². The van der Waals surface area contributed by atoms with Gasteiger partial charge in [-0.15, -0.1) is 0 Å². The third-order valence-corrected chi connectivity index (χ3v) is 5.35. The van der Waals surface area contributed by atoms with Crippen LogP contribution in [0.2, 0.25) is 0 Å². The van der Waals surface area contributed by atoms with Crippen molar-refractivity contribution in [3.63, 3.8) is 0 Å². The molecule has 0 radical (unpaired) electrons. The number of rotatable bonds is 4. The minimum atomic E-state index is 0.526. The van der Waals surface area contributed by atoms with Crippen molar-refractivity contribution in [1.29, 1.82) is 0 Å². The Bertz CT molecular complexity index is 678. The Labute approximate surface area is 149 Å². The van der Waals surface area contributed by atoms with Gasteiger partial charge in [0.15, 0.2) is 0 Å². The monoisotopic (exact) mass is 322 g/mol. The molecular weight excluding hydrogens is 288 g/mol. The molecule has 0 unspecified atom stereocenters. The molecule has 0 heteroatoms. The van der Waals surface area contributed by atoms with Crippen molar-refractivity contribution >= 4 is 0 Å². The summed E-state index contributed by atoms with van der Waals surface area (Å²) in [5, 5.41) is 0. The highest BCUT2D eigenvalue weighted by Gasteiger charge is 2.19. The van der Waals surface area contributed by atoms with E-state index in [4.69, 9.17) is 0 Å². The molecule has 0 bridgehead atoms. The molecule has 0 saturated heterocycles. The molecule has 0 atom stereocenters. The third-order valence-electron chi connectivity index (χ3n) is 5.35. The maximum atomic E-state index is 2.45. The van der Waals surface area contributed by atoms with Crippen molar-refractivity contribution in [1.82, 2.24) is 0 Å². The van der Waals surface area contributed by atoms with Gasteiger partial charge in [-0.05, 0) is 83.0 Å². The quantitative estimate of drug-likeness (QED) is 0.542. The summed E-state index contributed by atoms with van der Waals surface area (Å²) in [7, 11) is 0. The molecule has 0 spiro atoms. The molecule has 0 saturated carbocycles. The van der Waals surface area contributed by atoms with E-state index in [1.165, 1.54) is 44.5 Å². The number of hydrogen-bond acceptors (Lipinski definition) is 0. The zero-order chi connectivity index (χ0) is 18.2. The summed E-state index contributed by atoms with van der Waals surface area (Å²) in [6.07, 6.45) is 0. The molecule has 0 heterocycles. The SMILES string of the molecule is Cc1cc(-c2c(C(C)C)cc(C(C)C)cc2C(C)C)cc(C)c1C. The van der Waals surface area contributed by atoms with Crippen LogP contribution in [0.3, 0.4) is 0 Å². The Hall–Kier alpha value is -1.56. The molecule has 130 valence electrons. The molecule has 0 nitrogen and oxygen atoms in total. The van der Waals surface area contributed by atoms with Crippen molar-refractivity contribution in [2.75, 3.05) is 0 Å². The molecule has 0 aliphatic carbocycles. The van der Waals surface area contributed by atoms with Gasteiger partial charge in [-0.1, -0.05) is 65.8 Å². The van der Waals surface area contributed by atoms with Crippen molar-refractivity contribution in [3.05, 3.63) is 57.6 Å². The molecule has 0 fully saturated rings. The zero-order valence-electron chi connectivity index (χ0n) is 17.0. The number of hydrogen-bond donors (Lipinski definition) is 0. The molecule has 0 aliphatic heterocycles. The largest absolute Gasteiger partial charge is 0.0587 e. The fourth-order valence-electron chi connectivity index (χ4n) is 3.47. The average Bonchev–Trinajstić information content (AvgIpc) is 2.50. The van der Waals surface area contributed by atoms with Crippen molar-refractivity contribution in [2.24, 2.45) is 0 Å². The van der Waals surface area contributed by atoms with Crippen LogP contribution in [-0.2, 0) is 0 Å². The first-order chi connectivity index (χ1) is 11.1. The lowest BCUT2D eigenvalue weighted by molar-refractivity contribution is 0.807. The van der Waals surface area contributed by atoms with Gasteiger partial charge in [-0.2, -0.15) is 0 Å². The van der Waals surface area contributed by atoms with Gasteiger partial charge in [0.05, 0.1) is 0 Å². The summed E-state index contributed by atoms with van der Waals surface area (Å²) in [6, 6.07) is 9.65. The Kier molecular flexibility index (Phi) is 5.58. The zero-order valence-corrected chi connectivity index (χ0v) is 17.0. The first-order valence-corrected chi connectivity index (χ1v) is 9.39. The summed E-state index contributed by atoms with van der Waals surface area (Å²) >= 11 is 0. The van der Waals surface area contributed by atoms with E-state index in [0.717, 1.165) is 0 Å². The standard InChI is InChI=1S/C24H34/c1-14(2)20-12-22(15(3)4)24(23(13-20)16(5)6)21-10-17(7)19(9)18(8)11-21/h10-16H,1-9H3. The highest BCUT2D eigenvalue weighted by Crippen LogP contribution is 2.39. The van der Waals surface area contributed by atoms with E-state index < -0.39 is 0 Å². The molecular formula is C24H34. The minimum Gasteiger partial charge on any atom is -0.0587 e. The van der Waals surface area contributed by atoms with Gasteiger partial charge in [0, 0.05) is 0 Å². The molecule has 0 amide bonds. The second kappa shape index (κ2) is 7.13.